The zero-order valence-corrected chi connectivity index (χ0v) is 14.1. The van der Waals surface area contributed by atoms with Crippen LogP contribution >= 0.6 is 0 Å². The molecule has 0 saturated heterocycles. The van der Waals surface area contributed by atoms with Crippen molar-refractivity contribution in [3.63, 3.8) is 0 Å². The highest BCUT2D eigenvalue weighted by Gasteiger charge is 2.27. The molecule has 0 aliphatic heterocycles. The van der Waals surface area contributed by atoms with E-state index in [4.69, 9.17) is 15.7 Å². The van der Waals surface area contributed by atoms with E-state index in [1.807, 2.05) is 43.3 Å². The first-order chi connectivity index (χ1) is 11.6. The summed E-state index contributed by atoms with van der Waals surface area (Å²) >= 11 is 0. The van der Waals surface area contributed by atoms with Crippen LogP contribution in [0.5, 0.6) is 0 Å². The van der Waals surface area contributed by atoms with Crippen molar-refractivity contribution in [3.05, 3.63) is 35.9 Å². The Bertz CT molecular complexity index is 516. The maximum atomic E-state index is 11.8. The van der Waals surface area contributed by atoms with Gasteiger partial charge in [0, 0.05) is 6.04 Å². The molecule has 132 valence electrons. The number of ether oxygens (including phenoxy) is 1. The number of alkyl carbamates (subject to hydrolysis) is 1. The first-order valence-electron chi connectivity index (χ1n) is 8.36. The fourth-order valence-electron chi connectivity index (χ4n) is 2.35. The number of nitrogens with one attached hydrogen (secondary N) is 1. The van der Waals surface area contributed by atoms with Gasteiger partial charge in [-0.25, -0.2) is 4.79 Å². The molecule has 3 unspecified atom stereocenters. The Morgan fingerprint density at radius 3 is 2.75 bits per heavy atom. The molecule has 1 rings (SSSR count). The molecule has 0 aromatic heterocycles. The lowest BCUT2D eigenvalue weighted by molar-refractivity contribution is 0.0902. The van der Waals surface area contributed by atoms with Gasteiger partial charge in [0.15, 0.2) is 0 Å². The second-order valence-corrected chi connectivity index (χ2v) is 5.78. The third kappa shape index (κ3) is 7.44. The fraction of sp³-hybridized carbons (Fsp3) is 0.556. The van der Waals surface area contributed by atoms with E-state index in [0.717, 1.165) is 18.4 Å². The van der Waals surface area contributed by atoms with Crippen molar-refractivity contribution in [2.45, 2.75) is 57.2 Å². The summed E-state index contributed by atoms with van der Waals surface area (Å²) in [6, 6.07) is 10.4. The number of nitriles is 1. The molecular weight excluding hydrogens is 306 g/mol. The van der Waals surface area contributed by atoms with Gasteiger partial charge in [0.2, 0.25) is 0 Å². The topological polar surface area (TPSA) is 108 Å². The molecule has 1 aromatic carbocycles. The van der Waals surface area contributed by atoms with E-state index in [-0.39, 0.29) is 6.42 Å². The number of carbonyl (C=O) groups is 1. The Morgan fingerprint density at radius 1 is 1.42 bits per heavy atom. The van der Waals surface area contributed by atoms with Crippen LogP contribution in [0.15, 0.2) is 30.3 Å². The summed E-state index contributed by atoms with van der Waals surface area (Å²) in [4.78, 5) is 11.8. The van der Waals surface area contributed by atoms with Crippen LogP contribution in [0.1, 0.15) is 38.2 Å². The second-order valence-electron chi connectivity index (χ2n) is 5.78. The molecule has 24 heavy (non-hydrogen) atoms. The summed E-state index contributed by atoms with van der Waals surface area (Å²) in [6.07, 6.45) is 1.37. The van der Waals surface area contributed by atoms with Crippen LogP contribution in [0.4, 0.5) is 4.79 Å². The van der Waals surface area contributed by atoms with Gasteiger partial charge in [-0.05, 0) is 24.8 Å². The summed E-state index contributed by atoms with van der Waals surface area (Å²) < 4.78 is 5.05. The molecule has 4 N–H and O–H groups in total. The molecule has 0 saturated carbocycles. The third-order valence-corrected chi connectivity index (χ3v) is 3.79. The number of amides is 1. The summed E-state index contributed by atoms with van der Waals surface area (Å²) in [5.41, 5.74) is 7.04. The van der Waals surface area contributed by atoms with E-state index in [2.05, 4.69) is 5.32 Å². The van der Waals surface area contributed by atoms with Gasteiger partial charge < -0.3 is 20.9 Å². The predicted octanol–water partition coefficient (Wildman–Crippen LogP) is 2.12. The van der Waals surface area contributed by atoms with Crippen molar-refractivity contribution in [1.29, 1.82) is 5.26 Å². The first-order valence-corrected chi connectivity index (χ1v) is 8.36. The molecule has 0 spiro atoms. The highest BCUT2D eigenvalue weighted by Crippen LogP contribution is 2.11. The van der Waals surface area contributed by atoms with Gasteiger partial charge in [0.1, 0.15) is 0 Å². The largest absolute Gasteiger partial charge is 0.450 e. The zero-order chi connectivity index (χ0) is 17.8. The molecule has 6 nitrogen and oxygen atoms in total. The molecule has 0 aliphatic rings. The minimum Gasteiger partial charge on any atom is -0.450 e. The Kier molecular flexibility index (Phi) is 9.51. The van der Waals surface area contributed by atoms with Crippen molar-refractivity contribution in [2.75, 3.05) is 6.61 Å². The molecule has 6 heteroatoms. The molecule has 0 heterocycles. The van der Waals surface area contributed by atoms with Gasteiger partial charge in [-0.3, -0.25) is 0 Å². The van der Waals surface area contributed by atoms with Crippen molar-refractivity contribution in [3.8, 4) is 6.07 Å². The van der Waals surface area contributed by atoms with Crippen LogP contribution < -0.4 is 11.1 Å². The monoisotopic (exact) mass is 333 g/mol. The molecule has 1 aromatic rings. The normalized spacial score (nSPS) is 14.2. The van der Waals surface area contributed by atoms with Crippen LogP contribution in [0, 0.1) is 11.3 Å². The summed E-state index contributed by atoms with van der Waals surface area (Å²) in [6.45, 7) is 2.32. The number of nitrogens with zero attached hydrogens (tertiary/aromatic N) is 1. The fourth-order valence-corrected chi connectivity index (χ4v) is 2.35. The Balaban J connectivity index is 2.59. The van der Waals surface area contributed by atoms with E-state index in [1.54, 1.807) is 0 Å². The molecule has 0 fully saturated rings. The van der Waals surface area contributed by atoms with Crippen LogP contribution in [0.2, 0.25) is 0 Å². The van der Waals surface area contributed by atoms with E-state index in [1.165, 1.54) is 0 Å². The van der Waals surface area contributed by atoms with E-state index < -0.39 is 24.3 Å². The van der Waals surface area contributed by atoms with Crippen LogP contribution in [-0.4, -0.2) is 36.0 Å². The standard InChI is InChI=1S/C18H27N3O3/c1-2-3-13-24-18(23)21-17(15(20)11-12-19)16(22)10-9-14-7-5-4-6-8-14/h4-8,15-17,22H,2-3,9-11,13,20H2,1H3,(H,21,23). The van der Waals surface area contributed by atoms with E-state index in [0.29, 0.717) is 19.4 Å². The first kappa shape index (κ1) is 19.9. The molecular formula is C18H27N3O3. The molecule has 0 aliphatic carbocycles. The highest BCUT2D eigenvalue weighted by atomic mass is 16.5. The van der Waals surface area contributed by atoms with Crippen LogP contribution in [0.25, 0.3) is 0 Å². The van der Waals surface area contributed by atoms with Gasteiger partial charge in [-0.15, -0.1) is 0 Å². The van der Waals surface area contributed by atoms with Crippen molar-refractivity contribution >= 4 is 6.09 Å². The number of benzene rings is 1. The Labute approximate surface area is 143 Å². The lowest BCUT2D eigenvalue weighted by Gasteiger charge is -2.28. The van der Waals surface area contributed by atoms with Gasteiger partial charge in [-0.2, -0.15) is 5.26 Å². The number of aliphatic hydroxyl groups is 1. The molecule has 0 radical (unpaired) electrons. The van der Waals surface area contributed by atoms with Gasteiger partial charge in [0.25, 0.3) is 0 Å². The maximum absolute atomic E-state index is 11.8. The van der Waals surface area contributed by atoms with Gasteiger partial charge in [0.05, 0.1) is 31.2 Å². The number of aryl methyl sites for hydroxylation is 1. The number of hydrogen-bond donors (Lipinski definition) is 3. The lowest BCUT2D eigenvalue weighted by atomic mass is 9.95. The SMILES string of the molecule is CCCCOC(=O)NC(C(N)CC#N)C(O)CCc1ccccc1. The number of unbranched alkanes of at least 4 members (excludes halogenated alkanes) is 1. The van der Waals surface area contributed by atoms with Crippen molar-refractivity contribution in [2.24, 2.45) is 5.73 Å². The molecule has 0 bridgehead atoms. The minimum atomic E-state index is -0.854. The number of nitrogens with two attached hydrogens (primary N) is 1. The number of aliphatic hydroxyl groups excluding tert-OH is 1. The van der Waals surface area contributed by atoms with Crippen LogP contribution in [0.3, 0.4) is 0 Å². The van der Waals surface area contributed by atoms with Crippen molar-refractivity contribution < 1.29 is 14.6 Å². The predicted molar refractivity (Wildman–Crippen MR) is 92.2 cm³/mol. The quantitative estimate of drug-likeness (QED) is 0.568. The zero-order valence-electron chi connectivity index (χ0n) is 14.1. The number of rotatable bonds is 10. The smallest absolute Gasteiger partial charge is 0.407 e. The Morgan fingerprint density at radius 2 is 2.12 bits per heavy atom. The van der Waals surface area contributed by atoms with Crippen molar-refractivity contribution in [1.82, 2.24) is 5.32 Å². The maximum Gasteiger partial charge on any atom is 0.407 e. The summed E-state index contributed by atoms with van der Waals surface area (Å²) in [7, 11) is 0. The second kappa shape index (κ2) is 11.4. The van der Waals surface area contributed by atoms with Gasteiger partial charge >= 0.3 is 6.09 Å². The highest BCUT2D eigenvalue weighted by molar-refractivity contribution is 5.67. The Hall–Kier alpha value is -2.10. The lowest BCUT2D eigenvalue weighted by Crippen LogP contribution is -2.54. The summed E-state index contributed by atoms with van der Waals surface area (Å²) in [5.74, 6) is 0. The minimum absolute atomic E-state index is 0.0440. The van der Waals surface area contributed by atoms with Gasteiger partial charge in [-0.1, -0.05) is 43.7 Å². The average Bonchev–Trinajstić information content (AvgIpc) is 2.59. The van der Waals surface area contributed by atoms with E-state index >= 15 is 0 Å². The van der Waals surface area contributed by atoms with Crippen LogP contribution in [-0.2, 0) is 11.2 Å². The number of hydrogen-bond acceptors (Lipinski definition) is 5. The molecule has 3 atom stereocenters. The van der Waals surface area contributed by atoms with E-state index in [9.17, 15) is 9.90 Å². The third-order valence-electron chi connectivity index (χ3n) is 3.79. The number of carbonyl (C=O) groups excluding carboxylic acids is 1. The summed E-state index contributed by atoms with van der Waals surface area (Å²) in [5, 5.41) is 21.9. The average molecular weight is 333 g/mol. The molecule has 1 amide bonds.